The van der Waals surface area contributed by atoms with E-state index in [4.69, 9.17) is 4.42 Å². The molecular formula is C24H28N2O2S. The van der Waals surface area contributed by atoms with Gasteiger partial charge in [-0.2, -0.15) is 0 Å². The quantitative estimate of drug-likeness (QED) is 0.555. The SMILES string of the molecule is Cc1ccc(C(c2c(NC(=O)c3ccco3)sc(C)c2C)N2CCCCC2)cc1. The number of aryl methyl sites for hydroxylation is 2. The summed E-state index contributed by atoms with van der Waals surface area (Å²) in [7, 11) is 0. The number of amides is 1. The van der Waals surface area contributed by atoms with Gasteiger partial charge in [-0.25, -0.2) is 0 Å². The summed E-state index contributed by atoms with van der Waals surface area (Å²) in [5.74, 6) is 0.142. The fourth-order valence-electron chi connectivity index (χ4n) is 4.12. The first-order valence-corrected chi connectivity index (χ1v) is 11.1. The van der Waals surface area contributed by atoms with Crippen molar-refractivity contribution < 1.29 is 9.21 Å². The molecule has 4 nitrogen and oxygen atoms in total. The molecule has 152 valence electrons. The number of nitrogens with zero attached hydrogens (tertiary/aromatic N) is 1. The van der Waals surface area contributed by atoms with Crippen molar-refractivity contribution in [1.29, 1.82) is 0 Å². The number of carbonyl (C=O) groups is 1. The molecule has 0 aliphatic carbocycles. The van der Waals surface area contributed by atoms with Gasteiger partial charge in [-0.1, -0.05) is 36.2 Å². The van der Waals surface area contributed by atoms with Crippen LogP contribution in [0.2, 0.25) is 0 Å². The Morgan fingerprint density at radius 1 is 1.07 bits per heavy atom. The number of thiophene rings is 1. The Labute approximate surface area is 176 Å². The molecule has 0 radical (unpaired) electrons. The highest BCUT2D eigenvalue weighted by Crippen LogP contribution is 2.43. The van der Waals surface area contributed by atoms with Gasteiger partial charge in [-0.3, -0.25) is 9.69 Å². The topological polar surface area (TPSA) is 45.5 Å². The van der Waals surface area contributed by atoms with E-state index in [1.807, 2.05) is 0 Å². The lowest BCUT2D eigenvalue weighted by Gasteiger charge is -2.36. The molecule has 1 aliphatic heterocycles. The molecule has 3 heterocycles. The third-order valence-corrected chi connectivity index (χ3v) is 6.96. The van der Waals surface area contributed by atoms with Crippen LogP contribution in [0.4, 0.5) is 5.00 Å². The van der Waals surface area contributed by atoms with Crippen LogP contribution in [0.5, 0.6) is 0 Å². The van der Waals surface area contributed by atoms with Crippen molar-refractivity contribution in [3.05, 3.63) is 75.6 Å². The highest BCUT2D eigenvalue weighted by atomic mass is 32.1. The van der Waals surface area contributed by atoms with Crippen molar-refractivity contribution in [1.82, 2.24) is 4.90 Å². The molecule has 1 N–H and O–H groups in total. The molecule has 29 heavy (non-hydrogen) atoms. The fourth-order valence-corrected chi connectivity index (χ4v) is 5.21. The zero-order valence-electron chi connectivity index (χ0n) is 17.3. The van der Waals surface area contributed by atoms with E-state index in [0.29, 0.717) is 5.76 Å². The summed E-state index contributed by atoms with van der Waals surface area (Å²) in [5.41, 5.74) is 5.03. The van der Waals surface area contributed by atoms with Gasteiger partial charge in [0.1, 0.15) is 5.00 Å². The molecule has 1 fully saturated rings. The van der Waals surface area contributed by atoms with Crippen molar-refractivity contribution in [3.63, 3.8) is 0 Å². The van der Waals surface area contributed by atoms with Gasteiger partial charge in [-0.05, 0) is 70.0 Å². The fraction of sp³-hybridized carbons (Fsp3) is 0.375. The summed E-state index contributed by atoms with van der Waals surface area (Å²) < 4.78 is 5.30. The summed E-state index contributed by atoms with van der Waals surface area (Å²) in [6, 6.07) is 12.4. The minimum atomic E-state index is -0.196. The number of anilines is 1. The van der Waals surface area contributed by atoms with Gasteiger partial charge in [0.2, 0.25) is 0 Å². The summed E-state index contributed by atoms with van der Waals surface area (Å²) in [4.78, 5) is 16.5. The average molecular weight is 409 g/mol. The third kappa shape index (κ3) is 4.16. The molecule has 1 unspecified atom stereocenters. The lowest BCUT2D eigenvalue weighted by atomic mass is 9.92. The maximum Gasteiger partial charge on any atom is 0.291 e. The van der Waals surface area contributed by atoms with Crippen molar-refractivity contribution in [2.45, 2.75) is 46.1 Å². The zero-order chi connectivity index (χ0) is 20.4. The van der Waals surface area contributed by atoms with E-state index >= 15 is 0 Å². The molecule has 1 aliphatic rings. The third-order valence-electron chi connectivity index (χ3n) is 5.83. The number of hydrogen-bond donors (Lipinski definition) is 1. The van der Waals surface area contributed by atoms with Crippen molar-refractivity contribution in [3.8, 4) is 0 Å². The van der Waals surface area contributed by atoms with Gasteiger partial charge in [0, 0.05) is 10.4 Å². The predicted molar refractivity (Wildman–Crippen MR) is 119 cm³/mol. The molecule has 3 aromatic rings. The molecule has 0 bridgehead atoms. The van der Waals surface area contributed by atoms with Crippen LogP contribution in [0.1, 0.15) is 63.0 Å². The van der Waals surface area contributed by atoms with Gasteiger partial charge in [-0.15, -0.1) is 11.3 Å². The Hall–Kier alpha value is -2.37. The molecule has 1 saturated heterocycles. The van der Waals surface area contributed by atoms with E-state index in [9.17, 15) is 4.79 Å². The molecule has 0 spiro atoms. The van der Waals surface area contributed by atoms with Crippen molar-refractivity contribution >= 4 is 22.2 Å². The molecule has 1 amide bonds. The van der Waals surface area contributed by atoms with Gasteiger partial charge in [0.15, 0.2) is 5.76 Å². The van der Waals surface area contributed by atoms with Crippen molar-refractivity contribution in [2.24, 2.45) is 0 Å². The monoisotopic (exact) mass is 408 g/mol. The first-order valence-electron chi connectivity index (χ1n) is 10.3. The molecule has 1 aromatic carbocycles. The molecular weight excluding hydrogens is 380 g/mol. The van der Waals surface area contributed by atoms with Crippen LogP contribution >= 0.6 is 11.3 Å². The average Bonchev–Trinajstić information content (AvgIpc) is 3.35. The number of benzene rings is 1. The molecule has 0 saturated carbocycles. The van der Waals surface area contributed by atoms with E-state index < -0.39 is 0 Å². The Bertz CT molecular complexity index is 967. The van der Waals surface area contributed by atoms with E-state index in [1.54, 1.807) is 23.5 Å². The predicted octanol–water partition coefficient (Wildman–Crippen LogP) is 6.09. The summed E-state index contributed by atoms with van der Waals surface area (Å²) in [5, 5.41) is 4.06. The second-order valence-corrected chi connectivity index (χ2v) is 9.09. The number of furan rings is 1. The number of piperidine rings is 1. The number of likely N-dealkylation sites (tertiary alicyclic amines) is 1. The summed E-state index contributed by atoms with van der Waals surface area (Å²) in [6.45, 7) is 8.59. The molecule has 1 atom stereocenters. The zero-order valence-corrected chi connectivity index (χ0v) is 18.1. The van der Waals surface area contributed by atoms with E-state index in [1.165, 1.54) is 52.7 Å². The first kappa shape index (κ1) is 19.9. The summed E-state index contributed by atoms with van der Waals surface area (Å²) in [6.07, 6.45) is 5.27. The van der Waals surface area contributed by atoms with Crippen LogP contribution < -0.4 is 5.32 Å². The van der Waals surface area contributed by atoms with E-state index in [0.717, 1.165) is 18.1 Å². The van der Waals surface area contributed by atoms with Crippen LogP contribution in [0.3, 0.4) is 0 Å². The normalized spacial score (nSPS) is 16.0. The Balaban J connectivity index is 1.77. The Morgan fingerprint density at radius 2 is 1.79 bits per heavy atom. The minimum Gasteiger partial charge on any atom is -0.459 e. The van der Waals surface area contributed by atoms with Crippen molar-refractivity contribution in [2.75, 3.05) is 18.4 Å². The summed E-state index contributed by atoms with van der Waals surface area (Å²) >= 11 is 1.66. The highest BCUT2D eigenvalue weighted by Gasteiger charge is 2.30. The highest BCUT2D eigenvalue weighted by molar-refractivity contribution is 7.16. The van der Waals surface area contributed by atoms with Crippen LogP contribution in [0.15, 0.2) is 47.1 Å². The molecule has 4 rings (SSSR count). The van der Waals surface area contributed by atoms with Crippen LogP contribution in [0.25, 0.3) is 0 Å². The van der Waals surface area contributed by atoms with Gasteiger partial charge >= 0.3 is 0 Å². The first-order chi connectivity index (χ1) is 14.0. The Morgan fingerprint density at radius 3 is 2.45 bits per heavy atom. The van der Waals surface area contributed by atoms with Crippen LogP contribution in [0, 0.1) is 20.8 Å². The number of carbonyl (C=O) groups excluding carboxylic acids is 1. The van der Waals surface area contributed by atoms with Crippen LogP contribution in [-0.4, -0.2) is 23.9 Å². The Kier molecular flexibility index (Phi) is 5.88. The second kappa shape index (κ2) is 8.56. The minimum absolute atomic E-state index is 0.146. The van der Waals surface area contributed by atoms with Gasteiger partial charge in [0.25, 0.3) is 5.91 Å². The van der Waals surface area contributed by atoms with Gasteiger partial charge < -0.3 is 9.73 Å². The number of hydrogen-bond acceptors (Lipinski definition) is 4. The number of nitrogens with one attached hydrogen (secondary N) is 1. The standard InChI is InChI=1S/C24H28N2O2S/c1-16-9-11-19(12-10-16)22(26-13-5-4-6-14-26)21-17(2)18(3)29-24(21)25-23(27)20-8-7-15-28-20/h7-12,15,22H,4-6,13-14H2,1-3H3,(H,25,27). The number of rotatable bonds is 5. The van der Waals surface area contributed by atoms with E-state index in [2.05, 4.69) is 55.3 Å². The van der Waals surface area contributed by atoms with E-state index in [-0.39, 0.29) is 11.9 Å². The smallest absolute Gasteiger partial charge is 0.291 e. The molecule has 5 heteroatoms. The largest absolute Gasteiger partial charge is 0.459 e. The molecule has 2 aromatic heterocycles. The second-order valence-electron chi connectivity index (χ2n) is 7.87. The van der Waals surface area contributed by atoms with Gasteiger partial charge in [0.05, 0.1) is 12.3 Å². The maximum atomic E-state index is 12.7. The maximum absolute atomic E-state index is 12.7. The van der Waals surface area contributed by atoms with Crippen LogP contribution in [-0.2, 0) is 0 Å². The lowest BCUT2D eigenvalue weighted by molar-refractivity contribution is 0.0996. The lowest BCUT2D eigenvalue weighted by Crippen LogP contribution is -2.35.